The van der Waals surface area contributed by atoms with Crippen molar-refractivity contribution in [2.45, 2.75) is 13.2 Å². The maximum atomic E-state index is 12.5. The fraction of sp³-hybridized carbons (Fsp3) is 0.0952. The largest absolute Gasteiger partial charge is 0.487 e. The van der Waals surface area contributed by atoms with Crippen molar-refractivity contribution in [1.82, 2.24) is 14.8 Å². The van der Waals surface area contributed by atoms with Gasteiger partial charge in [0.1, 0.15) is 18.7 Å². The highest BCUT2D eigenvalue weighted by molar-refractivity contribution is 7.12. The zero-order valence-electron chi connectivity index (χ0n) is 15.6. The molecule has 9 heteroatoms. The van der Waals surface area contributed by atoms with Crippen molar-refractivity contribution < 1.29 is 9.53 Å². The fourth-order valence-corrected chi connectivity index (χ4v) is 3.77. The molecule has 0 aliphatic rings. The van der Waals surface area contributed by atoms with Crippen LogP contribution in [0, 0.1) is 0 Å². The number of benzene rings is 2. The minimum absolute atomic E-state index is 0.247. The normalized spacial score (nSPS) is 10.7. The number of nitrogens with one attached hydrogen (secondary N) is 1. The van der Waals surface area contributed by atoms with Gasteiger partial charge in [0.05, 0.1) is 16.4 Å². The van der Waals surface area contributed by atoms with E-state index in [4.69, 9.17) is 27.9 Å². The van der Waals surface area contributed by atoms with E-state index in [1.54, 1.807) is 29.2 Å². The summed E-state index contributed by atoms with van der Waals surface area (Å²) in [7, 11) is 0. The maximum absolute atomic E-state index is 12.5. The van der Waals surface area contributed by atoms with E-state index < -0.39 is 0 Å². The lowest BCUT2D eigenvalue weighted by Crippen LogP contribution is -2.12. The number of para-hydroxylation sites is 1. The predicted molar refractivity (Wildman–Crippen MR) is 119 cm³/mol. The van der Waals surface area contributed by atoms with Crippen LogP contribution >= 0.6 is 34.5 Å². The number of thiophene rings is 1. The molecule has 152 valence electrons. The highest BCUT2D eigenvalue weighted by Crippen LogP contribution is 2.25. The van der Waals surface area contributed by atoms with E-state index >= 15 is 0 Å². The standard InChI is InChI=1S/C21H16Cl2N4O2S/c22-16-7-5-14(6-8-16)10-27-13-24-21(26-27)25-20(28)19-9-15(12-30-19)11-29-18-4-2-1-3-17(18)23/h1-9,12-13H,10-11H2,(H,25,26,28). The Kier molecular flexibility index (Phi) is 6.32. The van der Waals surface area contributed by atoms with Crippen LogP contribution in [-0.4, -0.2) is 20.7 Å². The van der Waals surface area contributed by atoms with Gasteiger partial charge in [-0.3, -0.25) is 10.1 Å². The second-order valence-electron chi connectivity index (χ2n) is 6.38. The topological polar surface area (TPSA) is 69.0 Å². The first-order valence-corrected chi connectivity index (χ1v) is 10.6. The lowest BCUT2D eigenvalue weighted by atomic mass is 10.2. The summed E-state index contributed by atoms with van der Waals surface area (Å²) >= 11 is 13.3. The molecule has 30 heavy (non-hydrogen) atoms. The highest BCUT2D eigenvalue weighted by atomic mass is 35.5. The summed E-state index contributed by atoms with van der Waals surface area (Å²) in [6, 6.07) is 16.5. The Morgan fingerprint density at radius 2 is 1.90 bits per heavy atom. The molecule has 4 aromatic rings. The third kappa shape index (κ3) is 5.18. The second-order valence-corrected chi connectivity index (χ2v) is 8.14. The molecule has 0 aliphatic heterocycles. The van der Waals surface area contributed by atoms with Crippen molar-refractivity contribution >= 4 is 46.4 Å². The summed E-state index contributed by atoms with van der Waals surface area (Å²) in [5.74, 6) is 0.580. The summed E-state index contributed by atoms with van der Waals surface area (Å²) in [4.78, 5) is 17.2. The number of rotatable bonds is 7. The number of nitrogens with zero attached hydrogens (tertiary/aromatic N) is 3. The third-order valence-corrected chi connectivity index (χ3v) is 5.67. The van der Waals surface area contributed by atoms with Crippen molar-refractivity contribution in [3.05, 3.63) is 92.4 Å². The number of anilines is 1. The molecule has 0 spiro atoms. The van der Waals surface area contributed by atoms with Gasteiger partial charge in [0.25, 0.3) is 5.91 Å². The van der Waals surface area contributed by atoms with E-state index in [9.17, 15) is 4.79 Å². The summed E-state index contributed by atoms with van der Waals surface area (Å²) < 4.78 is 7.36. The van der Waals surface area contributed by atoms with Gasteiger partial charge < -0.3 is 4.74 Å². The van der Waals surface area contributed by atoms with Gasteiger partial charge in [0.2, 0.25) is 5.95 Å². The smallest absolute Gasteiger partial charge is 0.268 e. The van der Waals surface area contributed by atoms with Crippen LogP contribution in [0.25, 0.3) is 0 Å². The Hall–Kier alpha value is -2.87. The maximum Gasteiger partial charge on any atom is 0.268 e. The molecule has 0 saturated carbocycles. The number of hydrogen-bond acceptors (Lipinski definition) is 5. The third-order valence-electron chi connectivity index (χ3n) is 4.13. The van der Waals surface area contributed by atoms with Crippen LogP contribution in [0.1, 0.15) is 20.8 Å². The minimum atomic E-state index is -0.270. The first-order valence-electron chi connectivity index (χ1n) is 8.97. The van der Waals surface area contributed by atoms with Gasteiger partial charge in [-0.25, -0.2) is 9.67 Å². The van der Waals surface area contributed by atoms with Gasteiger partial charge in [-0.15, -0.1) is 16.4 Å². The number of amides is 1. The van der Waals surface area contributed by atoms with Crippen molar-refractivity contribution in [2.24, 2.45) is 0 Å². The molecule has 0 radical (unpaired) electrons. The monoisotopic (exact) mass is 458 g/mol. The molecule has 4 rings (SSSR count). The van der Waals surface area contributed by atoms with E-state index in [1.807, 2.05) is 41.8 Å². The molecule has 1 amide bonds. The van der Waals surface area contributed by atoms with Crippen molar-refractivity contribution in [1.29, 1.82) is 0 Å². The molecule has 2 heterocycles. The van der Waals surface area contributed by atoms with E-state index in [0.717, 1.165) is 11.1 Å². The van der Waals surface area contributed by atoms with Gasteiger partial charge >= 0.3 is 0 Å². The number of carbonyl (C=O) groups excluding carboxylic acids is 1. The molecular formula is C21H16Cl2N4O2S. The number of hydrogen-bond donors (Lipinski definition) is 1. The Balaban J connectivity index is 1.34. The summed E-state index contributed by atoms with van der Waals surface area (Å²) in [6.45, 7) is 0.851. The van der Waals surface area contributed by atoms with E-state index in [0.29, 0.717) is 33.8 Å². The average molecular weight is 459 g/mol. The Morgan fingerprint density at radius 1 is 1.10 bits per heavy atom. The SMILES string of the molecule is O=C(Nc1ncn(Cc2ccc(Cl)cc2)n1)c1cc(COc2ccccc2Cl)cs1. The molecule has 0 unspecified atom stereocenters. The Labute approximate surface area is 187 Å². The first-order chi connectivity index (χ1) is 14.6. The zero-order valence-corrected chi connectivity index (χ0v) is 17.9. The molecule has 0 fully saturated rings. The molecule has 0 atom stereocenters. The number of carbonyl (C=O) groups is 1. The minimum Gasteiger partial charge on any atom is -0.487 e. The molecule has 0 bridgehead atoms. The lowest BCUT2D eigenvalue weighted by molar-refractivity contribution is 0.102. The van der Waals surface area contributed by atoms with Gasteiger partial charge in [0, 0.05) is 10.6 Å². The number of ether oxygens (including phenoxy) is 1. The van der Waals surface area contributed by atoms with Crippen LogP contribution in [-0.2, 0) is 13.2 Å². The van der Waals surface area contributed by atoms with Gasteiger partial charge in [-0.05, 0) is 41.3 Å². The Morgan fingerprint density at radius 3 is 2.70 bits per heavy atom. The summed E-state index contributed by atoms with van der Waals surface area (Å²) in [5.41, 5.74) is 1.91. The van der Waals surface area contributed by atoms with Crippen LogP contribution < -0.4 is 10.1 Å². The van der Waals surface area contributed by atoms with Crippen LogP contribution in [0.4, 0.5) is 5.95 Å². The second kappa shape index (κ2) is 9.30. The van der Waals surface area contributed by atoms with Crippen molar-refractivity contribution in [2.75, 3.05) is 5.32 Å². The van der Waals surface area contributed by atoms with Crippen molar-refractivity contribution in [3.8, 4) is 5.75 Å². The summed E-state index contributed by atoms with van der Waals surface area (Å²) in [5, 5.41) is 10.1. The van der Waals surface area contributed by atoms with Crippen LogP contribution in [0.5, 0.6) is 5.75 Å². The highest BCUT2D eigenvalue weighted by Gasteiger charge is 2.13. The molecule has 6 nitrogen and oxygen atoms in total. The molecule has 0 saturated heterocycles. The van der Waals surface area contributed by atoms with Gasteiger partial charge in [-0.2, -0.15) is 0 Å². The van der Waals surface area contributed by atoms with E-state index in [-0.39, 0.29) is 11.9 Å². The van der Waals surface area contributed by atoms with Gasteiger partial charge in [0.15, 0.2) is 0 Å². The van der Waals surface area contributed by atoms with Gasteiger partial charge in [-0.1, -0.05) is 47.5 Å². The fourth-order valence-electron chi connectivity index (χ4n) is 2.66. The zero-order chi connectivity index (χ0) is 20.9. The predicted octanol–water partition coefficient (Wildman–Crippen LogP) is 5.53. The Bertz CT molecular complexity index is 1160. The molecule has 1 N–H and O–H groups in total. The van der Waals surface area contributed by atoms with Crippen LogP contribution in [0.3, 0.4) is 0 Å². The van der Waals surface area contributed by atoms with Crippen molar-refractivity contribution in [3.63, 3.8) is 0 Å². The lowest BCUT2D eigenvalue weighted by Gasteiger charge is -2.06. The number of aromatic nitrogens is 3. The summed E-state index contributed by atoms with van der Waals surface area (Å²) in [6.07, 6.45) is 1.57. The van der Waals surface area contributed by atoms with E-state index in [2.05, 4.69) is 15.4 Å². The molecular weight excluding hydrogens is 443 g/mol. The number of halogens is 2. The molecule has 2 aromatic carbocycles. The first kappa shape index (κ1) is 20.4. The van der Waals surface area contributed by atoms with Crippen LogP contribution in [0.2, 0.25) is 10.0 Å². The quantitative estimate of drug-likeness (QED) is 0.395. The molecule has 0 aliphatic carbocycles. The molecule has 2 aromatic heterocycles. The van der Waals surface area contributed by atoms with Crippen LogP contribution in [0.15, 0.2) is 66.3 Å². The average Bonchev–Trinajstić information content (AvgIpc) is 3.39. The van der Waals surface area contributed by atoms with E-state index in [1.165, 1.54) is 11.3 Å².